The summed E-state index contributed by atoms with van der Waals surface area (Å²) in [6, 6.07) is 85.8. The highest BCUT2D eigenvalue weighted by atomic mass is 15.2. The first-order valence-corrected chi connectivity index (χ1v) is 23.3. The van der Waals surface area contributed by atoms with Gasteiger partial charge in [0.1, 0.15) is 0 Å². The number of benzene rings is 11. The molecule has 2 N–H and O–H groups in total. The van der Waals surface area contributed by atoms with Gasteiger partial charge in [0, 0.05) is 44.0 Å². The van der Waals surface area contributed by atoms with E-state index in [9.17, 15) is 0 Å². The van der Waals surface area contributed by atoms with Gasteiger partial charge in [-0.05, 0) is 115 Å². The van der Waals surface area contributed by atoms with E-state index < -0.39 is 0 Å². The molecule has 68 heavy (non-hydrogen) atoms. The maximum atomic E-state index is 5.39. The normalized spacial score (nSPS) is 14.0. The largest absolute Gasteiger partial charge is 0.328 e. The van der Waals surface area contributed by atoms with E-state index in [1.165, 1.54) is 59.6 Å². The first-order valence-electron chi connectivity index (χ1n) is 23.3. The maximum Gasteiger partial charge on any atom is 0.328 e. The molecule has 13 aromatic rings. The van der Waals surface area contributed by atoms with Crippen LogP contribution in [0.4, 0.5) is 0 Å². The van der Waals surface area contributed by atoms with Crippen molar-refractivity contribution in [2.45, 2.75) is 6.17 Å². The fourth-order valence-corrected chi connectivity index (χ4v) is 10.8. The molecule has 5 nitrogen and oxygen atoms in total. The first-order chi connectivity index (χ1) is 33.7. The zero-order valence-electron chi connectivity index (χ0n) is 36.9. The van der Waals surface area contributed by atoms with Gasteiger partial charge in [-0.1, -0.05) is 170 Å². The second kappa shape index (κ2) is 15.3. The van der Waals surface area contributed by atoms with Crippen LogP contribution in [0.25, 0.3) is 98.4 Å². The molecule has 0 saturated heterocycles. The van der Waals surface area contributed by atoms with Crippen LogP contribution in [-0.2, 0) is 0 Å². The first kappa shape index (κ1) is 38.2. The number of hydrogen-bond acceptors (Lipinski definition) is 2. The molecule has 0 bridgehead atoms. The lowest BCUT2D eigenvalue weighted by Gasteiger charge is -2.21. The number of nitrogens with zero attached hydrogens (tertiary/aromatic N) is 3. The van der Waals surface area contributed by atoms with Crippen LogP contribution in [-0.4, -0.2) is 20.8 Å². The quantitative estimate of drug-likeness (QED) is 0.172. The van der Waals surface area contributed by atoms with Gasteiger partial charge >= 0.3 is 5.84 Å². The van der Waals surface area contributed by atoms with Gasteiger partial charge in [-0.2, -0.15) is 0 Å². The second-order valence-corrected chi connectivity index (χ2v) is 17.9. The highest BCUT2D eigenvalue weighted by Crippen LogP contribution is 2.39. The lowest BCUT2D eigenvalue weighted by atomic mass is 9.97. The monoisotopic (exact) mass is 868 g/mol. The number of fused-ring (bicyclic) bond motifs is 9. The number of rotatable bonds is 6. The Balaban J connectivity index is 0.982. The smallest absolute Gasteiger partial charge is 0.309 e. The Labute approximate surface area is 392 Å². The SMILES string of the molecule is c1ccc(-c2ccccc2C2=[NH+]C(c3cccc4ccc(-n5c6cc(-n7c8ccccc8c8ccccc87)ccc6c6cc7ccccc7cc65)cc34)NC(c3ccc4ccccc4c3)=N2)cc1. The molecule has 3 heterocycles. The van der Waals surface area contributed by atoms with Gasteiger partial charge in [0.25, 0.3) is 5.84 Å². The van der Waals surface area contributed by atoms with Crippen LogP contribution < -0.4 is 10.3 Å². The average Bonchev–Trinajstić information content (AvgIpc) is 3.91. The van der Waals surface area contributed by atoms with E-state index >= 15 is 0 Å². The molecular weight excluding hydrogens is 827 g/mol. The third kappa shape index (κ3) is 6.10. The van der Waals surface area contributed by atoms with E-state index in [1.54, 1.807) is 0 Å². The van der Waals surface area contributed by atoms with E-state index in [0.717, 1.165) is 67.2 Å². The lowest BCUT2D eigenvalue weighted by molar-refractivity contribution is -0.516. The van der Waals surface area contributed by atoms with Crippen LogP contribution >= 0.6 is 0 Å². The molecule has 1 unspecified atom stereocenters. The summed E-state index contributed by atoms with van der Waals surface area (Å²) in [4.78, 5) is 9.31. The summed E-state index contributed by atoms with van der Waals surface area (Å²) >= 11 is 0. The summed E-state index contributed by atoms with van der Waals surface area (Å²) in [6.07, 6.45) is -0.309. The molecule has 14 rings (SSSR count). The third-order valence-electron chi connectivity index (χ3n) is 14.0. The van der Waals surface area contributed by atoms with Crippen molar-refractivity contribution in [3.8, 4) is 22.5 Å². The van der Waals surface area contributed by atoms with Crippen molar-refractivity contribution in [2.75, 3.05) is 0 Å². The van der Waals surface area contributed by atoms with E-state index in [0.29, 0.717) is 0 Å². The van der Waals surface area contributed by atoms with Crippen molar-refractivity contribution in [1.29, 1.82) is 0 Å². The fourth-order valence-electron chi connectivity index (χ4n) is 10.8. The molecule has 0 saturated carbocycles. The van der Waals surface area contributed by atoms with Gasteiger partial charge in [-0.25, -0.2) is 4.99 Å². The highest BCUT2D eigenvalue weighted by molar-refractivity contribution is 6.16. The molecule has 2 aromatic heterocycles. The summed E-state index contributed by atoms with van der Waals surface area (Å²) in [5.41, 5.74) is 12.4. The second-order valence-electron chi connectivity index (χ2n) is 17.9. The van der Waals surface area contributed by atoms with Crippen molar-refractivity contribution in [3.05, 3.63) is 253 Å². The van der Waals surface area contributed by atoms with Crippen LogP contribution in [0.1, 0.15) is 22.9 Å². The Bertz CT molecular complexity index is 4190. The van der Waals surface area contributed by atoms with Crippen molar-refractivity contribution < 1.29 is 4.99 Å². The van der Waals surface area contributed by atoms with Crippen molar-refractivity contribution in [2.24, 2.45) is 4.99 Å². The molecular formula is C63H42N5+. The van der Waals surface area contributed by atoms with Gasteiger partial charge in [0.05, 0.1) is 27.6 Å². The van der Waals surface area contributed by atoms with Gasteiger partial charge < -0.3 is 14.5 Å². The number of hydrogen-bond donors (Lipinski definition) is 2. The summed E-state index contributed by atoms with van der Waals surface area (Å²) in [6.45, 7) is 0. The molecule has 0 radical (unpaired) electrons. The van der Waals surface area contributed by atoms with Gasteiger partial charge in [0.2, 0.25) is 0 Å². The fraction of sp³-hybridized carbons (Fsp3) is 0.0159. The molecule has 0 fully saturated rings. The Hall–Kier alpha value is -9.06. The minimum Gasteiger partial charge on any atom is -0.309 e. The predicted molar refractivity (Wildman–Crippen MR) is 283 cm³/mol. The average molecular weight is 869 g/mol. The molecule has 1 atom stereocenters. The van der Waals surface area contributed by atoms with Gasteiger partial charge in [0.15, 0.2) is 6.17 Å². The number of amidine groups is 2. The number of para-hydroxylation sites is 2. The number of aliphatic imine (C=N–C) groups is 1. The van der Waals surface area contributed by atoms with Crippen molar-refractivity contribution >= 4 is 87.6 Å². The summed E-state index contributed by atoms with van der Waals surface area (Å²) in [5, 5.41) is 16.0. The molecule has 0 amide bonds. The lowest BCUT2D eigenvalue weighted by Crippen LogP contribution is -2.80. The molecule has 318 valence electrons. The summed E-state index contributed by atoms with van der Waals surface area (Å²) in [5.74, 6) is 1.63. The topological polar surface area (TPSA) is 48.2 Å². The van der Waals surface area contributed by atoms with Crippen molar-refractivity contribution in [1.82, 2.24) is 14.5 Å². The van der Waals surface area contributed by atoms with Crippen LogP contribution in [0.2, 0.25) is 0 Å². The predicted octanol–water partition coefficient (Wildman–Crippen LogP) is 13.6. The van der Waals surface area contributed by atoms with Crippen LogP contribution in [0, 0.1) is 0 Å². The van der Waals surface area contributed by atoms with Crippen LogP contribution in [0.3, 0.4) is 0 Å². The number of nitrogens with one attached hydrogen (secondary N) is 2. The zero-order chi connectivity index (χ0) is 44.7. The molecule has 1 aliphatic rings. The number of aromatic nitrogens is 2. The minimum absolute atomic E-state index is 0.309. The zero-order valence-corrected chi connectivity index (χ0v) is 36.9. The Kier molecular flexibility index (Phi) is 8.58. The van der Waals surface area contributed by atoms with Crippen LogP contribution in [0.5, 0.6) is 0 Å². The molecule has 11 aromatic carbocycles. The van der Waals surface area contributed by atoms with E-state index in [-0.39, 0.29) is 6.17 Å². The van der Waals surface area contributed by atoms with E-state index in [1.807, 2.05) is 0 Å². The Morgan fingerprint density at radius 2 is 0.926 bits per heavy atom. The maximum absolute atomic E-state index is 5.39. The Morgan fingerprint density at radius 1 is 0.353 bits per heavy atom. The van der Waals surface area contributed by atoms with Gasteiger partial charge in [-0.15, -0.1) is 0 Å². The summed E-state index contributed by atoms with van der Waals surface area (Å²) < 4.78 is 4.89. The standard InChI is InChI=1S/C63H41N5/c1-2-16-41(17-3-1)49-22-8-9-25-53(49)62-64-61(46-30-29-40-15-4-5-18-43(40)35-46)65-63(66-62)54-26-14-21-42-31-32-47(38-55(42)54)68-59-37-45-20-7-6-19-44(45)36-56(59)52-34-33-48(39-60(52)68)67-57-27-12-10-23-50(57)51-24-11-13-28-58(51)67/h1-39,63H,(H,64,65,66)/p+1. The molecule has 0 spiro atoms. The third-order valence-corrected chi connectivity index (χ3v) is 14.0. The Morgan fingerprint density at radius 3 is 1.72 bits per heavy atom. The highest BCUT2D eigenvalue weighted by Gasteiger charge is 2.30. The summed E-state index contributed by atoms with van der Waals surface area (Å²) in [7, 11) is 0. The molecule has 5 heteroatoms. The van der Waals surface area contributed by atoms with Crippen LogP contribution in [0.15, 0.2) is 242 Å². The van der Waals surface area contributed by atoms with E-state index in [2.05, 4.69) is 256 Å². The minimum atomic E-state index is -0.309. The van der Waals surface area contributed by atoms with Crippen molar-refractivity contribution in [3.63, 3.8) is 0 Å². The van der Waals surface area contributed by atoms with E-state index in [4.69, 9.17) is 4.99 Å². The van der Waals surface area contributed by atoms with Gasteiger partial charge in [-0.3, -0.25) is 0 Å². The molecule has 1 aliphatic heterocycles. The molecule has 0 aliphatic carbocycles.